The first-order valence-electron chi connectivity index (χ1n) is 16.0. The Balaban J connectivity index is 2.11. The average molecular weight is 649 g/mol. The zero-order valence-corrected chi connectivity index (χ0v) is 29.5. The van der Waals surface area contributed by atoms with Crippen molar-refractivity contribution in [2.45, 2.75) is 58.2 Å². The molecule has 2 rings (SSSR count). The van der Waals surface area contributed by atoms with E-state index in [0.717, 1.165) is 24.8 Å². The van der Waals surface area contributed by atoms with Crippen LogP contribution in [0.15, 0.2) is 18.2 Å². The quantitative estimate of drug-likeness (QED) is 0.183. The van der Waals surface area contributed by atoms with Crippen molar-refractivity contribution in [3.63, 3.8) is 0 Å². The molecule has 0 bridgehead atoms. The second-order valence-corrected chi connectivity index (χ2v) is 13.8. The van der Waals surface area contributed by atoms with Gasteiger partial charge in [-0.05, 0) is 124 Å². The third kappa shape index (κ3) is 14.6. The van der Waals surface area contributed by atoms with Gasteiger partial charge in [-0.25, -0.2) is 0 Å². The lowest BCUT2D eigenvalue weighted by atomic mass is 9.76. The summed E-state index contributed by atoms with van der Waals surface area (Å²) >= 11 is 0. The monoisotopic (exact) mass is 648 g/mol. The number of benzene rings is 1. The van der Waals surface area contributed by atoms with Crippen LogP contribution in [0.3, 0.4) is 0 Å². The first-order chi connectivity index (χ1) is 21.5. The van der Waals surface area contributed by atoms with E-state index >= 15 is 0 Å². The van der Waals surface area contributed by atoms with Gasteiger partial charge < -0.3 is 18.9 Å². The molecule has 1 saturated carbocycles. The van der Waals surface area contributed by atoms with Crippen LogP contribution in [-0.2, 0) is 35.1 Å². The molecule has 0 N–H and O–H groups in total. The second-order valence-electron chi connectivity index (χ2n) is 13.8. The lowest BCUT2D eigenvalue weighted by Gasteiger charge is -2.37. The Kier molecular flexibility index (Phi) is 16.1. The normalized spacial score (nSPS) is 19.7. The standard InChI is InChI=1S/C34H56N4O8/c1-23(15-25-11-13-27(43-31(39)19-35(3)4)29(17-25)45-33(41)21-37(7)8)24(2)16-26-12-14-28(44-32(40)20-36(5)6)30(18-26)46-34(42)22-38(9)10/h11,13,17,23-24,26,28,30H,12,14-16,18-22H2,1-10H3/t23-,24+,26?,28?,30?/m1/s1. The molecule has 5 atom stereocenters. The predicted octanol–water partition coefficient (Wildman–Crippen LogP) is 2.57. The number of hydrogen-bond donors (Lipinski definition) is 0. The minimum absolute atomic E-state index is 0.0886. The molecule has 1 aliphatic carbocycles. The van der Waals surface area contributed by atoms with Crippen molar-refractivity contribution in [1.82, 2.24) is 19.6 Å². The largest absolute Gasteiger partial charge is 0.457 e. The van der Waals surface area contributed by atoms with E-state index in [1.54, 1.807) is 59.9 Å². The molecule has 0 amide bonds. The van der Waals surface area contributed by atoms with Gasteiger partial charge in [0, 0.05) is 0 Å². The molecule has 1 aromatic carbocycles. The molecule has 46 heavy (non-hydrogen) atoms. The average Bonchev–Trinajstić information content (AvgIpc) is 2.89. The van der Waals surface area contributed by atoms with E-state index in [-0.39, 0.29) is 55.5 Å². The summed E-state index contributed by atoms with van der Waals surface area (Å²) in [6, 6.07) is 5.37. The molecule has 12 nitrogen and oxygen atoms in total. The van der Waals surface area contributed by atoms with E-state index in [9.17, 15) is 19.2 Å². The lowest BCUT2D eigenvalue weighted by Crippen LogP contribution is -2.43. The molecular weight excluding hydrogens is 592 g/mol. The second kappa shape index (κ2) is 18.9. The Hall–Kier alpha value is -3.06. The Morgan fingerprint density at radius 2 is 1.13 bits per heavy atom. The van der Waals surface area contributed by atoms with Crippen LogP contribution in [0.5, 0.6) is 11.5 Å². The van der Waals surface area contributed by atoms with Crippen molar-refractivity contribution in [2.75, 3.05) is 82.6 Å². The number of carbonyl (C=O) groups is 4. The summed E-state index contributed by atoms with van der Waals surface area (Å²) < 4.78 is 22.8. The maximum Gasteiger partial charge on any atom is 0.325 e. The molecule has 0 aliphatic heterocycles. The van der Waals surface area contributed by atoms with E-state index in [4.69, 9.17) is 18.9 Å². The Morgan fingerprint density at radius 3 is 1.65 bits per heavy atom. The number of nitrogens with zero attached hydrogens (tertiary/aromatic N) is 4. The SMILES string of the molecule is C[C@H](Cc1ccc(OC(=O)CN(C)C)c(OC(=O)CN(C)C)c1)[C@@H](C)CC1CCC(OC(=O)CN(C)C)C(OC(=O)CN(C)C)C1. The summed E-state index contributed by atoms with van der Waals surface area (Å²) in [5.41, 5.74) is 0.964. The van der Waals surface area contributed by atoms with Crippen molar-refractivity contribution < 1.29 is 38.1 Å². The van der Waals surface area contributed by atoms with Crippen molar-refractivity contribution in [3.05, 3.63) is 23.8 Å². The number of carbonyl (C=O) groups excluding carboxylic acids is 4. The van der Waals surface area contributed by atoms with Crippen LogP contribution in [0, 0.1) is 17.8 Å². The van der Waals surface area contributed by atoms with Gasteiger partial charge in [-0.3, -0.25) is 38.8 Å². The van der Waals surface area contributed by atoms with Gasteiger partial charge >= 0.3 is 23.9 Å². The van der Waals surface area contributed by atoms with Crippen molar-refractivity contribution in [3.8, 4) is 11.5 Å². The number of rotatable bonds is 17. The van der Waals surface area contributed by atoms with Gasteiger partial charge in [0.05, 0.1) is 26.2 Å². The fourth-order valence-electron chi connectivity index (χ4n) is 5.59. The number of hydrogen-bond acceptors (Lipinski definition) is 12. The predicted molar refractivity (Wildman–Crippen MR) is 176 cm³/mol. The third-order valence-electron chi connectivity index (χ3n) is 7.88. The lowest BCUT2D eigenvalue weighted by molar-refractivity contribution is -0.174. The van der Waals surface area contributed by atoms with E-state index in [0.29, 0.717) is 24.7 Å². The van der Waals surface area contributed by atoms with Crippen LogP contribution in [-0.4, -0.2) is 138 Å². The Morgan fingerprint density at radius 1 is 0.652 bits per heavy atom. The van der Waals surface area contributed by atoms with Gasteiger partial charge in [0.25, 0.3) is 0 Å². The smallest absolute Gasteiger partial charge is 0.325 e. The minimum atomic E-state index is -0.484. The maximum absolute atomic E-state index is 12.6. The van der Waals surface area contributed by atoms with Crippen LogP contribution >= 0.6 is 0 Å². The molecule has 0 spiro atoms. The van der Waals surface area contributed by atoms with Crippen molar-refractivity contribution in [1.29, 1.82) is 0 Å². The summed E-state index contributed by atoms with van der Waals surface area (Å²) in [6.07, 6.45) is 2.85. The molecular formula is C34H56N4O8. The molecule has 3 unspecified atom stereocenters. The van der Waals surface area contributed by atoms with Gasteiger partial charge in [-0.2, -0.15) is 0 Å². The van der Waals surface area contributed by atoms with E-state index in [1.165, 1.54) is 0 Å². The van der Waals surface area contributed by atoms with Crippen molar-refractivity contribution >= 4 is 23.9 Å². The van der Waals surface area contributed by atoms with E-state index in [1.807, 2.05) is 34.3 Å². The highest BCUT2D eigenvalue weighted by Gasteiger charge is 2.37. The van der Waals surface area contributed by atoms with Crippen LogP contribution in [0.25, 0.3) is 0 Å². The Bertz CT molecular complexity index is 1160. The van der Waals surface area contributed by atoms with Gasteiger partial charge in [0.15, 0.2) is 11.5 Å². The first kappa shape index (κ1) is 39.1. The van der Waals surface area contributed by atoms with Crippen molar-refractivity contribution in [2.24, 2.45) is 17.8 Å². The number of esters is 4. The minimum Gasteiger partial charge on any atom is -0.457 e. The summed E-state index contributed by atoms with van der Waals surface area (Å²) in [6.45, 7) is 4.92. The molecule has 12 heteroatoms. The maximum atomic E-state index is 12.6. The molecule has 1 aromatic rings. The van der Waals surface area contributed by atoms with E-state index in [2.05, 4.69) is 13.8 Å². The number of likely N-dealkylation sites (N-methyl/N-ethyl adjacent to an activating group) is 4. The van der Waals surface area contributed by atoms with Crippen LogP contribution in [0.4, 0.5) is 0 Å². The highest BCUT2D eigenvalue weighted by atomic mass is 16.6. The fourth-order valence-corrected chi connectivity index (χ4v) is 5.59. The van der Waals surface area contributed by atoms with Gasteiger partial charge in [0.1, 0.15) is 12.2 Å². The van der Waals surface area contributed by atoms with Crippen LogP contribution < -0.4 is 9.47 Å². The van der Waals surface area contributed by atoms with E-state index < -0.39 is 24.1 Å². The zero-order valence-electron chi connectivity index (χ0n) is 29.5. The summed E-state index contributed by atoms with van der Waals surface area (Å²) in [4.78, 5) is 56.8. The van der Waals surface area contributed by atoms with Crippen LogP contribution in [0.1, 0.15) is 45.1 Å². The first-order valence-corrected chi connectivity index (χ1v) is 16.0. The van der Waals surface area contributed by atoms with Gasteiger partial charge in [0.2, 0.25) is 0 Å². The summed E-state index contributed by atoms with van der Waals surface area (Å²) in [7, 11) is 14.3. The zero-order chi connectivity index (χ0) is 34.6. The Labute approximate surface area is 275 Å². The molecule has 0 radical (unpaired) electrons. The molecule has 1 aliphatic rings. The van der Waals surface area contributed by atoms with Crippen LogP contribution in [0.2, 0.25) is 0 Å². The third-order valence-corrected chi connectivity index (χ3v) is 7.88. The summed E-state index contributed by atoms with van der Waals surface area (Å²) in [5, 5.41) is 0. The topological polar surface area (TPSA) is 118 Å². The molecule has 0 saturated heterocycles. The van der Waals surface area contributed by atoms with Gasteiger partial charge in [-0.15, -0.1) is 0 Å². The molecule has 0 aromatic heterocycles. The number of ether oxygens (including phenoxy) is 4. The highest BCUT2D eigenvalue weighted by Crippen LogP contribution is 2.36. The fraction of sp³-hybridized carbons (Fsp3) is 0.706. The highest BCUT2D eigenvalue weighted by molar-refractivity contribution is 5.78. The van der Waals surface area contributed by atoms with Gasteiger partial charge in [-0.1, -0.05) is 19.9 Å². The molecule has 0 heterocycles. The summed E-state index contributed by atoms with van der Waals surface area (Å²) in [5.74, 6) is -0.208. The molecule has 1 fully saturated rings. The molecule has 260 valence electrons.